The zero-order valence-electron chi connectivity index (χ0n) is 18.8. The molecule has 33 heavy (non-hydrogen) atoms. The van der Waals surface area contributed by atoms with E-state index in [4.69, 9.17) is 16.5 Å². The molecule has 0 unspecified atom stereocenters. The number of anilines is 2. The average molecular weight is 459 g/mol. The molecular weight excluding hydrogens is 436 g/mol. The maximum absolute atomic E-state index is 13.3. The molecule has 0 aromatic heterocycles. The minimum absolute atomic E-state index is 0.248. The summed E-state index contributed by atoms with van der Waals surface area (Å²) in [5.41, 5.74) is 7.46. The summed E-state index contributed by atoms with van der Waals surface area (Å²) in [7, 11) is 0. The van der Waals surface area contributed by atoms with E-state index >= 15 is 0 Å². The van der Waals surface area contributed by atoms with Gasteiger partial charge in [0.05, 0.1) is 16.7 Å². The second-order valence-electron chi connectivity index (χ2n) is 8.13. The van der Waals surface area contributed by atoms with Crippen LogP contribution in [0.5, 0.6) is 0 Å². The molecule has 5 rings (SSSR count). The lowest BCUT2D eigenvalue weighted by atomic mass is 9.93. The monoisotopic (exact) mass is 458 g/mol. The molecule has 0 N–H and O–H groups in total. The molecule has 166 valence electrons. The van der Waals surface area contributed by atoms with E-state index in [-0.39, 0.29) is 5.91 Å². The van der Waals surface area contributed by atoms with Gasteiger partial charge in [0.1, 0.15) is 0 Å². The zero-order chi connectivity index (χ0) is 23.3. The van der Waals surface area contributed by atoms with Gasteiger partial charge in [0.2, 0.25) is 5.84 Å². The number of amides is 1. The highest BCUT2D eigenvalue weighted by Gasteiger charge is 2.47. The number of para-hydroxylation sites is 2. The summed E-state index contributed by atoms with van der Waals surface area (Å²) in [6.45, 7) is 8.07. The van der Waals surface area contributed by atoms with E-state index < -0.39 is 0 Å². The Morgan fingerprint density at radius 1 is 0.879 bits per heavy atom. The number of hydrogen-bond donors (Lipinski definition) is 0. The van der Waals surface area contributed by atoms with Gasteiger partial charge < -0.3 is 0 Å². The summed E-state index contributed by atoms with van der Waals surface area (Å²) in [4.78, 5) is 19.0. The number of rotatable bonds is 3. The molecule has 0 saturated heterocycles. The maximum Gasteiger partial charge on any atom is 0.269 e. The van der Waals surface area contributed by atoms with Crippen molar-refractivity contribution in [1.82, 2.24) is 5.28 Å². The van der Waals surface area contributed by atoms with Crippen LogP contribution in [0, 0.1) is 27.7 Å². The van der Waals surface area contributed by atoms with Crippen molar-refractivity contribution in [3.8, 4) is 0 Å². The number of carbonyl (C=O) groups excluding carboxylic acids is 1. The smallest absolute Gasteiger partial charge is 0.268 e. The van der Waals surface area contributed by atoms with E-state index in [0.29, 0.717) is 11.5 Å². The molecule has 2 aliphatic heterocycles. The first kappa shape index (κ1) is 21.2. The van der Waals surface area contributed by atoms with Crippen LogP contribution in [-0.2, 0) is 9.73 Å². The third-order valence-corrected chi connectivity index (χ3v) is 6.83. The number of benzene rings is 3. The van der Waals surface area contributed by atoms with Crippen LogP contribution in [0.4, 0.5) is 11.4 Å². The number of hydrazine groups is 2. The molecule has 2 aliphatic rings. The number of amidine groups is 1. The normalized spacial score (nSPS) is 15.0. The Hall–Kier alpha value is -3.61. The van der Waals surface area contributed by atoms with Crippen LogP contribution in [0.1, 0.15) is 33.4 Å². The summed E-state index contributed by atoms with van der Waals surface area (Å²) < 4.78 is 0. The fraction of sp³-hybridized carbons (Fsp3) is 0.154. The molecule has 0 bridgehead atoms. The molecule has 0 atom stereocenters. The Labute approximate surface area is 197 Å². The van der Waals surface area contributed by atoms with Crippen molar-refractivity contribution < 1.29 is 9.73 Å². The molecule has 0 fully saturated rings. The van der Waals surface area contributed by atoms with Crippen molar-refractivity contribution >= 4 is 40.8 Å². The molecule has 0 saturated carbocycles. The summed E-state index contributed by atoms with van der Waals surface area (Å²) in [5, 5.41) is 9.84. The lowest BCUT2D eigenvalue weighted by Gasteiger charge is -2.25. The van der Waals surface area contributed by atoms with Crippen molar-refractivity contribution in [1.29, 1.82) is 0 Å². The second-order valence-corrected chi connectivity index (χ2v) is 8.51. The van der Waals surface area contributed by atoms with Gasteiger partial charge in [0.25, 0.3) is 5.91 Å². The molecular formula is C26H23ClN4O2. The molecule has 0 spiro atoms. The van der Waals surface area contributed by atoms with E-state index in [2.05, 4.69) is 5.16 Å². The zero-order valence-corrected chi connectivity index (χ0v) is 19.6. The van der Waals surface area contributed by atoms with Gasteiger partial charge in [0, 0.05) is 16.7 Å². The van der Waals surface area contributed by atoms with Gasteiger partial charge in [0.15, 0.2) is 0 Å². The highest BCUT2D eigenvalue weighted by molar-refractivity contribution is 6.32. The lowest BCUT2D eigenvalue weighted by Crippen LogP contribution is -2.49. The summed E-state index contributed by atoms with van der Waals surface area (Å²) >= 11 is 6.55. The van der Waals surface area contributed by atoms with Crippen LogP contribution < -0.4 is 10.0 Å². The molecule has 7 heteroatoms. The number of halogens is 1. The molecule has 3 aromatic rings. The SMILES string of the molecule is Cc1c(C)c(C2=NON3N(C(=O)C=Cc4ccccc4)c4ccccc4N23)c(C)c(C)c1Cl. The first-order valence-corrected chi connectivity index (χ1v) is 11.1. The predicted molar refractivity (Wildman–Crippen MR) is 132 cm³/mol. The van der Waals surface area contributed by atoms with Gasteiger partial charge in [-0.25, -0.2) is 0 Å². The topological polar surface area (TPSA) is 48.4 Å². The number of hydrogen-bond acceptors (Lipinski definition) is 5. The molecule has 1 amide bonds. The van der Waals surface area contributed by atoms with Crippen LogP contribution in [0.3, 0.4) is 0 Å². The van der Waals surface area contributed by atoms with Crippen molar-refractivity contribution in [2.75, 3.05) is 10.0 Å². The van der Waals surface area contributed by atoms with Crippen LogP contribution >= 0.6 is 11.6 Å². The molecule has 0 aliphatic carbocycles. The van der Waals surface area contributed by atoms with Gasteiger partial charge in [-0.2, -0.15) is 10.0 Å². The first-order valence-electron chi connectivity index (χ1n) is 10.7. The van der Waals surface area contributed by atoms with Gasteiger partial charge in [-0.3, -0.25) is 9.73 Å². The Balaban J connectivity index is 1.56. The molecule has 2 heterocycles. The average Bonchev–Trinajstić information content (AvgIpc) is 3.39. The van der Waals surface area contributed by atoms with Gasteiger partial charge >= 0.3 is 0 Å². The summed E-state index contributed by atoms with van der Waals surface area (Å²) in [6.07, 6.45) is 3.32. The highest BCUT2D eigenvalue weighted by atomic mass is 35.5. The third-order valence-electron chi connectivity index (χ3n) is 6.27. The fourth-order valence-electron chi connectivity index (χ4n) is 4.24. The van der Waals surface area contributed by atoms with E-state index in [1.54, 1.807) is 6.08 Å². The van der Waals surface area contributed by atoms with Crippen LogP contribution in [-0.4, -0.2) is 17.0 Å². The van der Waals surface area contributed by atoms with E-state index in [1.807, 2.05) is 87.3 Å². The Morgan fingerprint density at radius 3 is 2.15 bits per heavy atom. The van der Waals surface area contributed by atoms with Crippen molar-refractivity contribution in [3.05, 3.63) is 99.1 Å². The second kappa shape index (κ2) is 8.06. The Morgan fingerprint density at radius 2 is 1.48 bits per heavy atom. The number of fused-ring (bicyclic) bond motifs is 3. The fourth-order valence-corrected chi connectivity index (χ4v) is 4.52. The predicted octanol–water partition coefficient (Wildman–Crippen LogP) is 5.88. The van der Waals surface area contributed by atoms with E-state index in [0.717, 1.165) is 44.1 Å². The largest absolute Gasteiger partial charge is 0.269 e. The summed E-state index contributed by atoms with van der Waals surface area (Å²) in [5.74, 6) is 0.366. The van der Waals surface area contributed by atoms with Crippen molar-refractivity contribution in [2.45, 2.75) is 27.7 Å². The highest BCUT2D eigenvalue weighted by Crippen LogP contribution is 2.43. The van der Waals surface area contributed by atoms with Gasteiger partial charge in [-0.05, 0) is 78.9 Å². The molecule has 3 aromatic carbocycles. The quantitative estimate of drug-likeness (QED) is 0.460. The minimum atomic E-state index is -0.248. The third kappa shape index (κ3) is 3.30. The van der Waals surface area contributed by atoms with E-state index in [9.17, 15) is 4.79 Å². The van der Waals surface area contributed by atoms with Gasteiger partial charge in [-0.1, -0.05) is 54.1 Å². The Bertz CT molecular complexity index is 1300. The Kier molecular flexibility index (Phi) is 5.19. The maximum atomic E-state index is 13.3. The van der Waals surface area contributed by atoms with Crippen LogP contribution in [0.15, 0.2) is 65.8 Å². The van der Waals surface area contributed by atoms with Crippen molar-refractivity contribution in [3.63, 3.8) is 0 Å². The van der Waals surface area contributed by atoms with Crippen LogP contribution in [0.25, 0.3) is 6.08 Å². The number of oxime groups is 1. The van der Waals surface area contributed by atoms with Gasteiger partial charge in [-0.15, -0.1) is 0 Å². The van der Waals surface area contributed by atoms with Crippen molar-refractivity contribution in [2.24, 2.45) is 5.16 Å². The summed E-state index contributed by atoms with van der Waals surface area (Å²) in [6, 6.07) is 17.3. The van der Waals surface area contributed by atoms with Crippen LogP contribution in [0.2, 0.25) is 5.02 Å². The molecule has 6 nitrogen and oxygen atoms in total. The minimum Gasteiger partial charge on any atom is -0.268 e. The number of nitrogens with zero attached hydrogens (tertiary/aromatic N) is 4. The van der Waals surface area contributed by atoms with E-state index in [1.165, 1.54) is 16.4 Å². The number of carbonyl (C=O) groups is 1. The standard InChI is InChI=1S/C26H23ClN4O2/c1-16-18(3)25(27)19(4)17(2)24(16)26-28-33-31-29(21-12-8-9-13-22(21)30(26)31)23(32)15-14-20-10-6-5-7-11-20/h5-15H,1-4H3. The molecule has 0 radical (unpaired) electrons. The lowest BCUT2D eigenvalue weighted by molar-refractivity contribution is -0.155. The first-order chi connectivity index (χ1) is 15.9.